The van der Waals surface area contributed by atoms with Gasteiger partial charge in [-0.3, -0.25) is 9.59 Å². The second kappa shape index (κ2) is 12.7. The van der Waals surface area contributed by atoms with Gasteiger partial charge >= 0.3 is 7.12 Å². The number of amides is 2. The van der Waals surface area contributed by atoms with Gasteiger partial charge < -0.3 is 30.2 Å². The lowest BCUT2D eigenvalue weighted by molar-refractivity contribution is -0.124. The molecule has 9 nitrogen and oxygen atoms in total. The molecule has 2 unspecified atom stereocenters. The monoisotopic (exact) mass is 429 g/mol. The largest absolute Gasteiger partial charge is 0.481 e. The Balaban J connectivity index is 1.96. The van der Waals surface area contributed by atoms with Gasteiger partial charge in [0.2, 0.25) is 11.8 Å². The van der Waals surface area contributed by atoms with Crippen molar-refractivity contribution in [2.75, 3.05) is 20.8 Å². The minimum absolute atomic E-state index is 0.0786. The van der Waals surface area contributed by atoms with Crippen LogP contribution in [0.5, 0.6) is 5.88 Å². The summed E-state index contributed by atoms with van der Waals surface area (Å²) in [6.45, 7) is -0.0974. The Morgan fingerprint density at radius 1 is 1.06 bits per heavy atom. The summed E-state index contributed by atoms with van der Waals surface area (Å²) in [6, 6.07) is 13.4. The highest BCUT2D eigenvalue weighted by Crippen LogP contribution is 2.09. The van der Waals surface area contributed by atoms with Crippen molar-refractivity contribution < 1.29 is 29.1 Å². The Bertz CT molecular complexity index is 837. The standard InChI is InChI=1S/C21H28BN3O6/c1-30-14-17(24-20(26)16-11-7-13-19(23-16)31-2)21(27)25-18(22(28)29)12-6-10-15-8-4-3-5-9-15/h3-5,7-9,11,13,17-18,28-29H,6,10,12,14H2,1-2H3,(H,24,26)(H,25,27). The van der Waals surface area contributed by atoms with E-state index in [1.165, 1.54) is 20.3 Å². The third-order valence-electron chi connectivity index (χ3n) is 4.63. The molecule has 4 N–H and O–H groups in total. The molecule has 31 heavy (non-hydrogen) atoms. The summed E-state index contributed by atoms with van der Waals surface area (Å²) in [4.78, 5) is 29.2. The van der Waals surface area contributed by atoms with Crippen molar-refractivity contribution in [3.8, 4) is 5.88 Å². The number of rotatable bonds is 12. The molecule has 1 aromatic carbocycles. The van der Waals surface area contributed by atoms with Gasteiger partial charge in [-0.25, -0.2) is 4.98 Å². The molecule has 2 atom stereocenters. The predicted octanol–water partition coefficient (Wildman–Crippen LogP) is 0.355. The van der Waals surface area contributed by atoms with Gasteiger partial charge in [0.25, 0.3) is 5.91 Å². The van der Waals surface area contributed by atoms with E-state index in [0.717, 1.165) is 12.0 Å². The van der Waals surface area contributed by atoms with Gasteiger partial charge in [0.1, 0.15) is 11.7 Å². The number of carbonyl (C=O) groups excluding carboxylic acids is 2. The number of nitrogens with zero attached hydrogens (tertiary/aromatic N) is 1. The van der Waals surface area contributed by atoms with E-state index in [4.69, 9.17) is 9.47 Å². The van der Waals surface area contributed by atoms with Crippen molar-refractivity contribution in [2.45, 2.75) is 31.2 Å². The summed E-state index contributed by atoms with van der Waals surface area (Å²) in [5, 5.41) is 24.5. The van der Waals surface area contributed by atoms with Gasteiger partial charge in [0, 0.05) is 13.2 Å². The molecule has 166 valence electrons. The lowest BCUT2D eigenvalue weighted by Gasteiger charge is -2.22. The average molecular weight is 429 g/mol. The third-order valence-corrected chi connectivity index (χ3v) is 4.63. The van der Waals surface area contributed by atoms with E-state index in [0.29, 0.717) is 12.8 Å². The molecule has 1 heterocycles. The zero-order chi connectivity index (χ0) is 22.6. The zero-order valence-electron chi connectivity index (χ0n) is 17.7. The van der Waals surface area contributed by atoms with Gasteiger partial charge in [-0.15, -0.1) is 0 Å². The smallest absolute Gasteiger partial charge is 0.475 e. The maximum absolute atomic E-state index is 12.7. The van der Waals surface area contributed by atoms with Crippen LogP contribution in [0.2, 0.25) is 0 Å². The summed E-state index contributed by atoms with van der Waals surface area (Å²) >= 11 is 0. The zero-order valence-corrected chi connectivity index (χ0v) is 17.7. The quantitative estimate of drug-likeness (QED) is 0.359. The van der Waals surface area contributed by atoms with E-state index in [1.807, 2.05) is 30.3 Å². The molecule has 0 aliphatic rings. The number of hydrogen-bond donors (Lipinski definition) is 4. The first-order valence-electron chi connectivity index (χ1n) is 9.96. The predicted molar refractivity (Wildman–Crippen MR) is 115 cm³/mol. The van der Waals surface area contributed by atoms with Crippen LogP contribution in [-0.4, -0.2) is 66.8 Å². The molecule has 0 saturated heterocycles. The van der Waals surface area contributed by atoms with E-state index in [1.54, 1.807) is 12.1 Å². The molecule has 2 rings (SSSR count). The molecule has 1 aromatic heterocycles. The van der Waals surface area contributed by atoms with Crippen molar-refractivity contribution in [3.63, 3.8) is 0 Å². The van der Waals surface area contributed by atoms with Crippen LogP contribution in [0.1, 0.15) is 28.9 Å². The first kappa shape index (κ1) is 24.3. The number of aromatic nitrogens is 1. The maximum atomic E-state index is 12.7. The van der Waals surface area contributed by atoms with E-state index in [2.05, 4.69) is 15.6 Å². The molecule has 0 fully saturated rings. The minimum atomic E-state index is -1.74. The summed E-state index contributed by atoms with van der Waals surface area (Å²) in [5.74, 6) is -1.79. The van der Waals surface area contributed by atoms with Gasteiger partial charge in [-0.1, -0.05) is 36.4 Å². The fraction of sp³-hybridized carbons (Fsp3) is 0.381. The van der Waals surface area contributed by atoms with Crippen molar-refractivity contribution in [1.82, 2.24) is 15.6 Å². The molecule has 0 spiro atoms. The number of pyridine rings is 1. The summed E-state index contributed by atoms with van der Waals surface area (Å²) in [5.41, 5.74) is 1.20. The van der Waals surface area contributed by atoms with Crippen LogP contribution < -0.4 is 15.4 Å². The highest BCUT2D eigenvalue weighted by molar-refractivity contribution is 6.43. The average Bonchev–Trinajstić information content (AvgIpc) is 2.78. The lowest BCUT2D eigenvalue weighted by atomic mass is 9.76. The van der Waals surface area contributed by atoms with Crippen LogP contribution in [0.25, 0.3) is 0 Å². The Hall–Kier alpha value is -2.95. The summed E-state index contributed by atoms with van der Waals surface area (Å²) in [7, 11) is 1.09. The minimum Gasteiger partial charge on any atom is -0.481 e. The van der Waals surface area contributed by atoms with Gasteiger partial charge in [0.05, 0.1) is 19.7 Å². The number of aryl methyl sites for hydroxylation is 1. The molecule has 2 aromatic rings. The van der Waals surface area contributed by atoms with Crippen LogP contribution in [0, 0.1) is 0 Å². The summed E-state index contributed by atoms with van der Waals surface area (Å²) in [6.07, 6.45) is 1.73. The van der Waals surface area contributed by atoms with Crippen molar-refractivity contribution in [3.05, 3.63) is 59.8 Å². The number of benzene rings is 1. The first-order chi connectivity index (χ1) is 14.9. The normalized spacial score (nSPS) is 12.5. The first-order valence-corrected chi connectivity index (χ1v) is 9.96. The fourth-order valence-corrected chi connectivity index (χ4v) is 2.99. The second-order valence-corrected chi connectivity index (χ2v) is 6.95. The molecule has 0 saturated carbocycles. The van der Waals surface area contributed by atoms with E-state index < -0.39 is 30.9 Å². The Labute approximate surface area is 181 Å². The topological polar surface area (TPSA) is 130 Å². The molecule has 0 aliphatic carbocycles. The van der Waals surface area contributed by atoms with Crippen LogP contribution in [0.3, 0.4) is 0 Å². The number of carbonyl (C=O) groups is 2. The van der Waals surface area contributed by atoms with Crippen LogP contribution in [-0.2, 0) is 16.0 Å². The van der Waals surface area contributed by atoms with E-state index in [-0.39, 0.29) is 18.2 Å². The molecule has 0 aliphatic heterocycles. The number of ether oxygens (including phenoxy) is 2. The van der Waals surface area contributed by atoms with Gasteiger partial charge in [0.15, 0.2) is 0 Å². The van der Waals surface area contributed by atoms with Gasteiger partial charge in [-0.05, 0) is 30.9 Å². The highest BCUT2D eigenvalue weighted by atomic mass is 16.5. The lowest BCUT2D eigenvalue weighted by Crippen LogP contribution is -2.55. The molecular weight excluding hydrogens is 401 g/mol. The van der Waals surface area contributed by atoms with E-state index in [9.17, 15) is 19.6 Å². The Kier molecular flexibility index (Phi) is 9.95. The highest BCUT2D eigenvalue weighted by Gasteiger charge is 2.29. The third kappa shape index (κ3) is 8.01. The van der Waals surface area contributed by atoms with Crippen LogP contribution in [0.4, 0.5) is 0 Å². The molecule has 10 heteroatoms. The van der Waals surface area contributed by atoms with Crippen LogP contribution in [0.15, 0.2) is 48.5 Å². The Morgan fingerprint density at radius 3 is 2.45 bits per heavy atom. The number of hydrogen-bond acceptors (Lipinski definition) is 7. The molecule has 0 bridgehead atoms. The molecule has 2 amide bonds. The second-order valence-electron chi connectivity index (χ2n) is 6.95. The van der Waals surface area contributed by atoms with Crippen molar-refractivity contribution >= 4 is 18.9 Å². The number of methoxy groups -OCH3 is 2. The van der Waals surface area contributed by atoms with Crippen molar-refractivity contribution in [2.24, 2.45) is 0 Å². The van der Waals surface area contributed by atoms with E-state index >= 15 is 0 Å². The fourth-order valence-electron chi connectivity index (χ4n) is 2.99. The van der Waals surface area contributed by atoms with Crippen molar-refractivity contribution in [1.29, 1.82) is 0 Å². The number of nitrogens with one attached hydrogen (secondary N) is 2. The summed E-state index contributed by atoms with van der Waals surface area (Å²) < 4.78 is 10.0. The molecule has 0 radical (unpaired) electrons. The SMILES string of the molecule is COCC(NC(=O)c1cccc(OC)n1)C(=O)NC(CCCc1ccccc1)B(O)O. The maximum Gasteiger partial charge on any atom is 0.475 e. The van der Waals surface area contributed by atoms with Crippen LogP contribution >= 0.6 is 0 Å². The Morgan fingerprint density at radius 2 is 1.81 bits per heavy atom. The molecular formula is C21H28BN3O6. The van der Waals surface area contributed by atoms with Gasteiger partial charge in [-0.2, -0.15) is 0 Å².